The minimum Gasteiger partial charge on any atom is -0.206 e. The standard InChI is InChI=1S/C24H16F4N4S/c1-14(16-10-11-19(20(25)13-16)15-6-3-2-4-7-15)22-31-32-21(29-30-23(32)33-22)17-8-5-9-18(12-17)24(26,27)28/h2-14H,1H3. The van der Waals surface area contributed by atoms with Crippen LogP contribution in [-0.4, -0.2) is 19.8 Å². The number of fused-ring (bicyclic) bond motifs is 1. The van der Waals surface area contributed by atoms with E-state index in [1.54, 1.807) is 6.07 Å². The van der Waals surface area contributed by atoms with Crippen LogP contribution in [0.4, 0.5) is 17.6 Å². The quantitative estimate of drug-likeness (QED) is 0.272. The van der Waals surface area contributed by atoms with Crippen molar-refractivity contribution < 1.29 is 17.6 Å². The van der Waals surface area contributed by atoms with Gasteiger partial charge in [0.05, 0.1) is 5.56 Å². The lowest BCUT2D eigenvalue weighted by molar-refractivity contribution is -0.137. The van der Waals surface area contributed by atoms with E-state index in [0.29, 0.717) is 15.5 Å². The minimum atomic E-state index is -4.46. The lowest BCUT2D eigenvalue weighted by atomic mass is 9.97. The summed E-state index contributed by atoms with van der Waals surface area (Å²) in [7, 11) is 0. The predicted octanol–water partition coefficient (Wildman–Crippen LogP) is 6.83. The van der Waals surface area contributed by atoms with E-state index >= 15 is 0 Å². The Hall–Kier alpha value is -3.59. The van der Waals surface area contributed by atoms with E-state index in [1.807, 2.05) is 43.3 Å². The Balaban J connectivity index is 1.48. The second-order valence-electron chi connectivity index (χ2n) is 7.56. The Labute approximate surface area is 190 Å². The number of alkyl halides is 3. The Morgan fingerprint density at radius 3 is 2.36 bits per heavy atom. The average molecular weight is 468 g/mol. The Morgan fingerprint density at radius 1 is 0.879 bits per heavy atom. The van der Waals surface area contributed by atoms with E-state index in [1.165, 1.54) is 34.1 Å². The molecule has 5 rings (SSSR count). The fraction of sp³-hybridized carbons (Fsp3) is 0.125. The van der Waals surface area contributed by atoms with E-state index in [0.717, 1.165) is 23.3 Å². The topological polar surface area (TPSA) is 43.1 Å². The van der Waals surface area contributed by atoms with E-state index < -0.39 is 11.7 Å². The van der Waals surface area contributed by atoms with Crippen molar-refractivity contribution in [2.24, 2.45) is 0 Å². The Bertz CT molecular complexity index is 1440. The summed E-state index contributed by atoms with van der Waals surface area (Å²) in [5, 5.41) is 13.3. The first-order valence-corrected chi connectivity index (χ1v) is 10.9. The molecule has 9 heteroatoms. The SMILES string of the molecule is CC(c1ccc(-c2ccccc2)c(F)c1)c1nn2c(-c3cccc(C(F)(F)F)c3)nnc2s1. The highest BCUT2D eigenvalue weighted by Crippen LogP contribution is 2.34. The molecule has 33 heavy (non-hydrogen) atoms. The lowest BCUT2D eigenvalue weighted by Crippen LogP contribution is -2.05. The van der Waals surface area contributed by atoms with Gasteiger partial charge in [-0.1, -0.05) is 72.9 Å². The van der Waals surface area contributed by atoms with Gasteiger partial charge in [-0.2, -0.15) is 22.8 Å². The summed E-state index contributed by atoms with van der Waals surface area (Å²) >= 11 is 1.27. The van der Waals surface area contributed by atoms with Crippen molar-refractivity contribution in [1.82, 2.24) is 19.8 Å². The monoisotopic (exact) mass is 468 g/mol. The summed E-state index contributed by atoms with van der Waals surface area (Å²) in [5.74, 6) is -0.361. The minimum absolute atomic E-state index is 0.219. The maximum atomic E-state index is 14.8. The van der Waals surface area contributed by atoms with Gasteiger partial charge < -0.3 is 0 Å². The van der Waals surface area contributed by atoms with Crippen LogP contribution in [0.5, 0.6) is 0 Å². The predicted molar refractivity (Wildman–Crippen MR) is 118 cm³/mol. The molecule has 0 bridgehead atoms. The molecular formula is C24H16F4N4S. The van der Waals surface area contributed by atoms with Crippen LogP contribution in [0.15, 0.2) is 72.8 Å². The van der Waals surface area contributed by atoms with Crippen molar-refractivity contribution in [2.75, 3.05) is 0 Å². The maximum Gasteiger partial charge on any atom is 0.416 e. The van der Waals surface area contributed by atoms with Crippen LogP contribution in [0.25, 0.3) is 27.5 Å². The van der Waals surface area contributed by atoms with Crippen molar-refractivity contribution in [3.63, 3.8) is 0 Å². The first-order valence-electron chi connectivity index (χ1n) is 10.1. The van der Waals surface area contributed by atoms with Crippen molar-refractivity contribution in [2.45, 2.75) is 19.0 Å². The Kier molecular flexibility index (Phi) is 5.20. The fourth-order valence-electron chi connectivity index (χ4n) is 3.62. The molecule has 0 saturated heterocycles. The third-order valence-corrected chi connectivity index (χ3v) is 6.48. The van der Waals surface area contributed by atoms with Crippen LogP contribution in [0.2, 0.25) is 0 Å². The number of nitrogens with zero attached hydrogens (tertiary/aromatic N) is 4. The van der Waals surface area contributed by atoms with Gasteiger partial charge in [0.2, 0.25) is 4.96 Å². The normalized spacial score (nSPS) is 12.9. The summed E-state index contributed by atoms with van der Waals surface area (Å²) in [5.41, 5.74) is 1.53. The van der Waals surface area contributed by atoms with E-state index in [-0.39, 0.29) is 23.1 Å². The largest absolute Gasteiger partial charge is 0.416 e. The summed E-state index contributed by atoms with van der Waals surface area (Å²) in [4.78, 5) is 0.450. The molecule has 0 spiro atoms. The molecule has 5 aromatic rings. The molecule has 0 saturated carbocycles. The summed E-state index contributed by atoms with van der Waals surface area (Å²) in [6.07, 6.45) is -4.46. The van der Waals surface area contributed by atoms with Crippen molar-refractivity contribution >= 4 is 16.3 Å². The molecule has 0 aliphatic rings. The van der Waals surface area contributed by atoms with Gasteiger partial charge in [-0.3, -0.25) is 0 Å². The third-order valence-electron chi connectivity index (χ3n) is 5.40. The van der Waals surface area contributed by atoms with Crippen molar-refractivity contribution in [1.29, 1.82) is 0 Å². The van der Waals surface area contributed by atoms with Gasteiger partial charge in [0, 0.05) is 17.0 Å². The number of benzene rings is 3. The van der Waals surface area contributed by atoms with Crippen LogP contribution in [0, 0.1) is 5.82 Å². The number of rotatable bonds is 4. The number of aromatic nitrogens is 4. The summed E-state index contributed by atoms with van der Waals surface area (Å²) in [6, 6.07) is 19.2. The number of hydrogen-bond acceptors (Lipinski definition) is 4. The zero-order valence-electron chi connectivity index (χ0n) is 17.2. The van der Waals surface area contributed by atoms with E-state index in [2.05, 4.69) is 15.3 Å². The third kappa shape index (κ3) is 4.00. The molecular weight excluding hydrogens is 452 g/mol. The molecule has 0 fully saturated rings. The first kappa shape index (κ1) is 21.3. The highest BCUT2D eigenvalue weighted by molar-refractivity contribution is 7.16. The molecule has 4 nitrogen and oxygen atoms in total. The van der Waals surface area contributed by atoms with Gasteiger partial charge in [-0.15, -0.1) is 10.2 Å². The smallest absolute Gasteiger partial charge is 0.206 e. The second kappa shape index (κ2) is 8.08. The molecule has 1 atom stereocenters. The molecule has 0 aliphatic heterocycles. The second-order valence-corrected chi connectivity index (χ2v) is 8.55. The van der Waals surface area contributed by atoms with Crippen LogP contribution < -0.4 is 0 Å². The van der Waals surface area contributed by atoms with Crippen molar-refractivity contribution in [3.05, 3.63) is 94.7 Å². The summed E-state index contributed by atoms with van der Waals surface area (Å²) in [6.45, 7) is 1.90. The van der Waals surface area contributed by atoms with Crippen molar-refractivity contribution in [3.8, 4) is 22.5 Å². The molecule has 0 aliphatic carbocycles. The molecule has 0 amide bonds. The molecule has 1 unspecified atom stereocenters. The van der Waals surface area contributed by atoms with Crippen LogP contribution in [-0.2, 0) is 6.18 Å². The molecule has 2 heterocycles. The van der Waals surface area contributed by atoms with Crippen LogP contribution in [0.1, 0.15) is 29.0 Å². The molecule has 166 valence electrons. The molecule has 2 aromatic heterocycles. The highest BCUT2D eigenvalue weighted by Gasteiger charge is 2.31. The van der Waals surface area contributed by atoms with Gasteiger partial charge in [0.15, 0.2) is 5.82 Å². The number of hydrogen-bond donors (Lipinski definition) is 0. The fourth-order valence-corrected chi connectivity index (χ4v) is 4.53. The highest BCUT2D eigenvalue weighted by atomic mass is 32.1. The first-order chi connectivity index (χ1) is 15.8. The summed E-state index contributed by atoms with van der Waals surface area (Å²) < 4.78 is 55.6. The lowest BCUT2D eigenvalue weighted by Gasteiger charge is -2.11. The molecule has 3 aromatic carbocycles. The molecule has 0 radical (unpaired) electrons. The van der Waals surface area contributed by atoms with Crippen LogP contribution >= 0.6 is 11.3 Å². The number of halogens is 4. The van der Waals surface area contributed by atoms with E-state index in [4.69, 9.17) is 0 Å². The Morgan fingerprint density at radius 2 is 1.64 bits per heavy atom. The van der Waals surface area contributed by atoms with Gasteiger partial charge in [-0.05, 0) is 29.3 Å². The molecule has 0 N–H and O–H groups in total. The van der Waals surface area contributed by atoms with Gasteiger partial charge in [0.1, 0.15) is 10.8 Å². The zero-order valence-corrected chi connectivity index (χ0v) is 18.0. The van der Waals surface area contributed by atoms with Gasteiger partial charge in [0.25, 0.3) is 0 Å². The van der Waals surface area contributed by atoms with Crippen LogP contribution in [0.3, 0.4) is 0 Å². The maximum absolute atomic E-state index is 14.8. The van der Waals surface area contributed by atoms with E-state index in [9.17, 15) is 17.6 Å². The van der Waals surface area contributed by atoms with Gasteiger partial charge in [-0.25, -0.2) is 4.39 Å². The average Bonchev–Trinajstić information content (AvgIpc) is 3.40. The van der Waals surface area contributed by atoms with Gasteiger partial charge >= 0.3 is 6.18 Å². The zero-order chi connectivity index (χ0) is 23.2.